The van der Waals surface area contributed by atoms with Gasteiger partial charge in [-0.1, -0.05) is 0 Å². The highest BCUT2D eigenvalue weighted by Gasteiger charge is 2.37. The van der Waals surface area contributed by atoms with E-state index in [9.17, 15) is 35.9 Å². The Morgan fingerprint density at radius 3 is 1.96 bits per heavy atom. The van der Waals surface area contributed by atoms with Crippen LogP contribution in [0.15, 0.2) is 30.5 Å². The molecule has 2 N–H and O–H groups in total. The van der Waals surface area contributed by atoms with Crippen molar-refractivity contribution in [2.24, 2.45) is 0 Å². The number of carbonyl (C=O) groups excluding carboxylic acids is 1. The maximum atomic E-state index is 12.9. The number of pyridine rings is 1. The highest BCUT2D eigenvalue weighted by Crippen LogP contribution is 2.36. The zero-order valence-electron chi connectivity index (χ0n) is 13.3. The zero-order chi connectivity index (χ0) is 21.3. The van der Waals surface area contributed by atoms with Crippen molar-refractivity contribution < 1.29 is 41.0 Å². The number of aromatic nitrogens is 1. The lowest BCUT2D eigenvalue weighted by Crippen LogP contribution is -2.19. The summed E-state index contributed by atoms with van der Waals surface area (Å²) in [5.41, 5.74) is -5.29. The van der Waals surface area contributed by atoms with Crippen LogP contribution in [0.5, 0.6) is 0 Å². The molecule has 146 valence electrons. The predicted molar refractivity (Wildman–Crippen MR) is 80.3 cm³/mol. The summed E-state index contributed by atoms with van der Waals surface area (Å²) in [6, 6.07) is 2.65. The molecule has 1 aromatic heterocycles. The standard InChI is InChI=1S/C16H7F6N3O3/c17-15(18,19)9-2-8(3-10(4-9)16(20,21)22)13(26)25-12-11(14(27)28)1-7(5-23)6-24-12/h1-4,6H,(H,27,28)(H,24,25,26). The van der Waals surface area contributed by atoms with E-state index in [4.69, 9.17) is 10.4 Å². The molecule has 0 aliphatic carbocycles. The maximum Gasteiger partial charge on any atom is 0.416 e. The summed E-state index contributed by atoms with van der Waals surface area (Å²) in [6.45, 7) is 0. The van der Waals surface area contributed by atoms with Gasteiger partial charge in [-0.15, -0.1) is 0 Å². The third-order valence-corrected chi connectivity index (χ3v) is 3.33. The number of hydrogen-bond acceptors (Lipinski definition) is 4. The van der Waals surface area contributed by atoms with Gasteiger partial charge >= 0.3 is 18.3 Å². The zero-order valence-corrected chi connectivity index (χ0v) is 13.3. The van der Waals surface area contributed by atoms with Gasteiger partial charge in [-0.3, -0.25) is 4.79 Å². The lowest BCUT2D eigenvalue weighted by molar-refractivity contribution is -0.143. The Balaban J connectivity index is 2.50. The highest BCUT2D eigenvalue weighted by molar-refractivity contribution is 6.07. The Hall–Kier alpha value is -3.62. The number of rotatable bonds is 3. The average Bonchev–Trinajstić information content (AvgIpc) is 2.59. The smallest absolute Gasteiger partial charge is 0.416 e. The molecule has 0 fully saturated rings. The lowest BCUT2D eigenvalue weighted by Gasteiger charge is -2.14. The molecule has 0 aliphatic heterocycles. The number of nitrogens with one attached hydrogen (secondary N) is 1. The Morgan fingerprint density at radius 2 is 1.54 bits per heavy atom. The second-order valence-electron chi connectivity index (χ2n) is 5.29. The molecule has 0 saturated carbocycles. The van der Waals surface area contributed by atoms with Crippen LogP contribution < -0.4 is 5.32 Å². The van der Waals surface area contributed by atoms with E-state index in [1.54, 1.807) is 6.07 Å². The van der Waals surface area contributed by atoms with Crippen LogP contribution >= 0.6 is 0 Å². The molecular weight excluding hydrogens is 396 g/mol. The molecule has 0 spiro atoms. The summed E-state index contributed by atoms with van der Waals surface area (Å²) in [5, 5.41) is 19.6. The third kappa shape index (κ3) is 4.56. The quantitative estimate of drug-likeness (QED) is 0.756. The van der Waals surface area contributed by atoms with E-state index >= 15 is 0 Å². The van der Waals surface area contributed by atoms with Crippen LogP contribution in [0.3, 0.4) is 0 Å². The summed E-state index contributed by atoms with van der Waals surface area (Å²) >= 11 is 0. The van der Waals surface area contributed by atoms with E-state index in [1.807, 2.05) is 5.32 Å². The van der Waals surface area contributed by atoms with Crippen molar-refractivity contribution in [1.29, 1.82) is 5.26 Å². The molecule has 0 bridgehead atoms. The minimum absolute atomic E-state index is 0.153. The fourth-order valence-electron chi connectivity index (χ4n) is 2.05. The van der Waals surface area contributed by atoms with Gasteiger partial charge in [-0.05, 0) is 24.3 Å². The number of aromatic carboxylic acids is 1. The number of alkyl halides is 6. The number of carboxylic acid groups (broad SMARTS) is 1. The van der Waals surface area contributed by atoms with Crippen LogP contribution in [0.4, 0.5) is 32.2 Å². The topological polar surface area (TPSA) is 103 Å². The van der Waals surface area contributed by atoms with Crippen molar-refractivity contribution in [3.8, 4) is 6.07 Å². The van der Waals surface area contributed by atoms with Crippen molar-refractivity contribution in [3.63, 3.8) is 0 Å². The second kappa shape index (κ2) is 7.18. The summed E-state index contributed by atoms with van der Waals surface area (Å²) in [4.78, 5) is 26.8. The van der Waals surface area contributed by atoms with Crippen molar-refractivity contribution in [2.75, 3.05) is 5.32 Å². The Bertz CT molecular complexity index is 960. The van der Waals surface area contributed by atoms with Gasteiger partial charge < -0.3 is 10.4 Å². The molecule has 1 amide bonds. The molecule has 0 saturated heterocycles. The Kier molecular flexibility index (Phi) is 5.31. The highest BCUT2D eigenvalue weighted by atomic mass is 19.4. The van der Waals surface area contributed by atoms with E-state index in [2.05, 4.69) is 4.98 Å². The number of benzene rings is 1. The fraction of sp³-hybridized carbons (Fsp3) is 0.125. The van der Waals surface area contributed by atoms with Crippen molar-refractivity contribution >= 4 is 17.7 Å². The minimum Gasteiger partial charge on any atom is -0.478 e. The van der Waals surface area contributed by atoms with Crippen LogP contribution in [-0.2, 0) is 12.4 Å². The molecule has 2 aromatic rings. The number of amides is 1. The predicted octanol–water partition coefficient (Wildman–Crippen LogP) is 3.94. The molecule has 1 aromatic carbocycles. The minimum atomic E-state index is -5.16. The van der Waals surface area contributed by atoms with E-state index in [0.29, 0.717) is 0 Å². The first-order chi connectivity index (χ1) is 12.8. The average molecular weight is 403 g/mol. The van der Waals surface area contributed by atoms with Gasteiger partial charge in [-0.2, -0.15) is 31.6 Å². The fourth-order valence-corrected chi connectivity index (χ4v) is 2.05. The first-order valence-electron chi connectivity index (χ1n) is 7.07. The molecule has 1 heterocycles. The van der Waals surface area contributed by atoms with E-state index in [0.717, 1.165) is 12.3 Å². The molecule has 0 unspecified atom stereocenters. The van der Waals surface area contributed by atoms with Crippen LogP contribution in [0.2, 0.25) is 0 Å². The first kappa shape index (κ1) is 20.7. The maximum absolute atomic E-state index is 12.9. The second-order valence-corrected chi connectivity index (χ2v) is 5.29. The molecule has 0 atom stereocenters. The van der Waals surface area contributed by atoms with Gasteiger partial charge in [0.25, 0.3) is 5.91 Å². The summed E-state index contributed by atoms with van der Waals surface area (Å²) in [6.07, 6.45) is -9.44. The number of halogens is 6. The molecule has 28 heavy (non-hydrogen) atoms. The largest absolute Gasteiger partial charge is 0.478 e. The SMILES string of the molecule is N#Cc1cnc(NC(=O)c2cc(C(F)(F)F)cc(C(F)(F)F)c2)c(C(=O)O)c1. The molecule has 2 rings (SSSR count). The van der Waals surface area contributed by atoms with E-state index < -0.39 is 52.3 Å². The van der Waals surface area contributed by atoms with Gasteiger partial charge in [-0.25, -0.2) is 9.78 Å². The number of nitrogens with zero attached hydrogens (tertiary/aromatic N) is 2. The van der Waals surface area contributed by atoms with Gasteiger partial charge in [0.2, 0.25) is 0 Å². The lowest BCUT2D eigenvalue weighted by atomic mass is 10.0. The van der Waals surface area contributed by atoms with Crippen LogP contribution in [0.25, 0.3) is 0 Å². The molecule has 6 nitrogen and oxygen atoms in total. The molecule has 0 radical (unpaired) electrons. The van der Waals surface area contributed by atoms with Gasteiger partial charge in [0.15, 0.2) is 0 Å². The number of nitriles is 1. The summed E-state index contributed by atoms with van der Waals surface area (Å²) < 4.78 is 77.2. The molecule has 0 aliphatic rings. The normalized spacial score (nSPS) is 11.6. The number of hydrogen-bond donors (Lipinski definition) is 2. The van der Waals surface area contributed by atoms with Gasteiger partial charge in [0.05, 0.1) is 16.7 Å². The Morgan fingerprint density at radius 1 is 1.00 bits per heavy atom. The van der Waals surface area contributed by atoms with Crippen LogP contribution in [0, 0.1) is 11.3 Å². The summed E-state index contributed by atoms with van der Waals surface area (Å²) in [7, 11) is 0. The number of anilines is 1. The monoisotopic (exact) mass is 403 g/mol. The molecular formula is C16H7F6N3O3. The first-order valence-corrected chi connectivity index (χ1v) is 7.07. The van der Waals surface area contributed by atoms with Crippen molar-refractivity contribution in [3.05, 3.63) is 58.3 Å². The van der Waals surface area contributed by atoms with Crippen LogP contribution in [0.1, 0.15) is 37.4 Å². The van der Waals surface area contributed by atoms with Gasteiger partial charge in [0.1, 0.15) is 17.5 Å². The van der Waals surface area contributed by atoms with Crippen molar-refractivity contribution in [2.45, 2.75) is 12.4 Å². The number of carbonyl (C=O) groups is 2. The van der Waals surface area contributed by atoms with Gasteiger partial charge in [0, 0.05) is 11.8 Å². The number of carboxylic acids is 1. The Labute approximate surface area is 152 Å². The van der Waals surface area contributed by atoms with E-state index in [-0.39, 0.29) is 23.8 Å². The van der Waals surface area contributed by atoms with E-state index in [1.165, 1.54) is 0 Å². The third-order valence-electron chi connectivity index (χ3n) is 3.33. The van der Waals surface area contributed by atoms with Crippen molar-refractivity contribution in [1.82, 2.24) is 4.98 Å². The van der Waals surface area contributed by atoms with Crippen LogP contribution in [-0.4, -0.2) is 22.0 Å². The molecule has 12 heteroatoms. The summed E-state index contributed by atoms with van der Waals surface area (Å²) in [5.74, 6) is -3.72.